The molecule has 1 aliphatic rings. The second-order valence-electron chi connectivity index (χ2n) is 5.31. The number of nitrogens with one attached hydrogen (secondary N) is 1. The van der Waals surface area contributed by atoms with E-state index in [0.717, 1.165) is 37.1 Å². The molecule has 19 heavy (non-hydrogen) atoms. The predicted octanol–water partition coefficient (Wildman–Crippen LogP) is 4.18. The molecule has 104 valence electrons. The van der Waals surface area contributed by atoms with Gasteiger partial charge in [-0.25, -0.2) is 0 Å². The van der Waals surface area contributed by atoms with Crippen molar-refractivity contribution in [3.05, 3.63) is 34.3 Å². The molecule has 0 aliphatic heterocycles. The molecule has 1 amide bonds. The molecule has 1 N–H and O–H groups in total. The summed E-state index contributed by atoms with van der Waals surface area (Å²) in [6.45, 7) is 1.93. The van der Waals surface area contributed by atoms with Crippen molar-refractivity contribution in [1.82, 2.24) is 5.32 Å². The van der Waals surface area contributed by atoms with E-state index < -0.39 is 0 Å². The molecule has 1 saturated carbocycles. The fraction of sp³-hybridized carbons (Fsp3) is 0.533. The standard InChI is InChI=1S/C15H19Cl2NO/c1-10-2-5-12(8-14(10)17)15(19)18-13-6-3-11(9-16)4-7-13/h2,5,8,11,13H,3-4,6-7,9H2,1H3,(H,18,19). The van der Waals surface area contributed by atoms with Crippen molar-refractivity contribution in [2.75, 3.05) is 5.88 Å². The minimum atomic E-state index is -0.0313. The lowest BCUT2D eigenvalue weighted by molar-refractivity contribution is 0.0923. The summed E-state index contributed by atoms with van der Waals surface area (Å²) in [4.78, 5) is 12.1. The molecule has 0 saturated heterocycles. The van der Waals surface area contributed by atoms with E-state index >= 15 is 0 Å². The maximum atomic E-state index is 12.1. The van der Waals surface area contributed by atoms with Gasteiger partial charge in [0, 0.05) is 22.5 Å². The highest BCUT2D eigenvalue weighted by molar-refractivity contribution is 6.31. The number of halogens is 2. The van der Waals surface area contributed by atoms with Gasteiger partial charge in [-0.3, -0.25) is 4.79 Å². The van der Waals surface area contributed by atoms with Gasteiger partial charge in [0.25, 0.3) is 5.91 Å². The van der Waals surface area contributed by atoms with Crippen molar-refractivity contribution >= 4 is 29.1 Å². The first-order valence-electron chi connectivity index (χ1n) is 6.73. The lowest BCUT2D eigenvalue weighted by atomic mass is 9.87. The molecule has 1 aromatic rings. The average Bonchev–Trinajstić information content (AvgIpc) is 2.42. The Morgan fingerprint density at radius 1 is 1.32 bits per heavy atom. The molecule has 0 heterocycles. The molecule has 2 nitrogen and oxygen atoms in total. The van der Waals surface area contributed by atoms with Gasteiger partial charge in [-0.05, 0) is 56.2 Å². The zero-order chi connectivity index (χ0) is 13.8. The Balaban J connectivity index is 1.92. The molecule has 1 aliphatic carbocycles. The van der Waals surface area contributed by atoms with Gasteiger partial charge in [-0.2, -0.15) is 0 Å². The summed E-state index contributed by atoms with van der Waals surface area (Å²) in [5.74, 6) is 1.31. The molecule has 4 heteroatoms. The van der Waals surface area contributed by atoms with Crippen molar-refractivity contribution in [3.8, 4) is 0 Å². The number of hydrogen-bond donors (Lipinski definition) is 1. The third-order valence-corrected chi connectivity index (χ3v) is 4.68. The Morgan fingerprint density at radius 2 is 2.00 bits per heavy atom. The van der Waals surface area contributed by atoms with E-state index in [1.54, 1.807) is 6.07 Å². The number of carbonyl (C=O) groups is 1. The first kappa shape index (κ1) is 14.7. The summed E-state index contributed by atoms with van der Waals surface area (Å²) in [6, 6.07) is 5.70. The summed E-state index contributed by atoms with van der Waals surface area (Å²) in [5.41, 5.74) is 1.62. The normalized spacial score (nSPS) is 23.1. The molecular formula is C15H19Cl2NO. The van der Waals surface area contributed by atoms with Gasteiger partial charge >= 0.3 is 0 Å². The summed E-state index contributed by atoms with van der Waals surface area (Å²) < 4.78 is 0. The summed E-state index contributed by atoms with van der Waals surface area (Å²) in [7, 11) is 0. The van der Waals surface area contributed by atoms with Crippen molar-refractivity contribution in [2.45, 2.75) is 38.6 Å². The molecule has 1 fully saturated rings. The molecule has 1 aromatic carbocycles. The van der Waals surface area contributed by atoms with E-state index in [9.17, 15) is 4.79 Å². The van der Waals surface area contributed by atoms with Crippen LogP contribution in [0.5, 0.6) is 0 Å². The molecule has 0 radical (unpaired) electrons. The largest absolute Gasteiger partial charge is 0.349 e. The second kappa shape index (κ2) is 6.62. The number of rotatable bonds is 3. The number of benzene rings is 1. The smallest absolute Gasteiger partial charge is 0.251 e. The van der Waals surface area contributed by atoms with Crippen LogP contribution in [0.25, 0.3) is 0 Å². The average molecular weight is 300 g/mol. The molecule has 2 rings (SSSR count). The quantitative estimate of drug-likeness (QED) is 0.834. The Labute approximate surface area is 124 Å². The highest BCUT2D eigenvalue weighted by Gasteiger charge is 2.22. The highest BCUT2D eigenvalue weighted by atomic mass is 35.5. The Kier molecular flexibility index (Phi) is 5.12. The van der Waals surface area contributed by atoms with E-state index in [1.165, 1.54) is 0 Å². The fourth-order valence-corrected chi connectivity index (χ4v) is 2.95. The summed E-state index contributed by atoms with van der Waals surface area (Å²) >= 11 is 11.9. The van der Waals surface area contributed by atoms with Crippen LogP contribution < -0.4 is 5.32 Å². The zero-order valence-electron chi connectivity index (χ0n) is 11.1. The topological polar surface area (TPSA) is 29.1 Å². The second-order valence-corrected chi connectivity index (χ2v) is 6.03. The predicted molar refractivity (Wildman–Crippen MR) is 80.1 cm³/mol. The number of amides is 1. The third kappa shape index (κ3) is 3.87. The number of alkyl halides is 1. The van der Waals surface area contributed by atoms with Crippen molar-refractivity contribution in [1.29, 1.82) is 0 Å². The van der Waals surface area contributed by atoms with Crippen LogP contribution in [0, 0.1) is 12.8 Å². The first-order chi connectivity index (χ1) is 9.10. The highest BCUT2D eigenvalue weighted by Crippen LogP contribution is 2.25. The first-order valence-corrected chi connectivity index (χ1v) is 7.64. The van der Waals surface area contributed by atoms with Gasteiger partial charge in [0.2, 0.25) is 0 Å². The summed E-state index contributed by atoms with van der Waals surface area (Å²) in [5, 5.41) is 3.72. The van der Waals surface area contributed by atoms with Crippen LogP contribution in [0.3, 0.4) is 0 Å². The van der Waals surface area contributed by atoms with Gasteiger partial charge in [-0.1, -0.05) is 17.7 Å². The van der Waals surface area contributed by atoms with Crippen molar-refractivity contribution in [2.24, 2.45) is 5.92 Å². The third-order valence-electron chi connectivity index (χ3n) is 3.83. The number of carbonyl (C=O) groups excluding carboxylic acids is 1. The Morgan fingerprint density at radius 3 is 2.58 bits per heavy atom. The lowest BCUT2D eigenvalue weighted by Gasteiger charge is -2.27. The van der Waals surface area contributed by atoms with Gasteiger partial charge < -0.3 is 5.32 Å². The van der Waals surface area contributed by atoms with E-state index in [4.69, 9.17) is 23.2 Å². The molecular weight excluding hydrogens is 281 g/mol. The molecule has 0 spiro atoms. The van der Waals surface area contributed by atoms with Crippen LogP contribution in [0.1, 0.15) is 41.6 Å². The monoisotopic (exact) mass is 299 g/mol. The van der Waals surface area contributed by atoms with Gasteiger partial charge in [0.1, 0.15) is 0 Å². The lowest BCUT2D eigenvalue weighted by Crippen LogP contribution is -2.37. The number of hydrogen-bond acceptors (Lipinski definition) is 1. The Bertz CT molecular complexity index is 453. The minimum absolute atomic E-state index is 0.0313. The van der Waals surface area contributed by atoms with Crippen LogP contribution in [0.2, 0.25) is 5.02 Å². The van der Waals surface area contributed by atoms with Crippen LogP contribution >= 0.6 is 23.2 Å². The molecule has 0 bridgehead atoms. The van der Waals surface area contributed by atoms with Crippen LogP contribution in [-0.2, 0) is 0 Å². The molecule has 0 unspecified atom stereocenters. The van der Waals surface area contributed by atoms with Gasteiger partial charge in [-0.15, -0.1) is 11.6 Å². The van der Waals surface area contributed by atoms with Gasteiger partial charge in [0.05, 0.1) is 0 Å². The number of aryl methyl sites for hydroxylation is 1. The Hall–Kier alpha value is -0.730. The van der Waals surface area contributed by atoms with Crippen LogP contribution in [0.15, 0.2) is 18.2 Å². The van der Waals surface area contributed by atoms with Crippen LogP contribution in [0.4, 0.5) is 0 Å². The minimum Gasteiger partial charge on any atom is -0.349 e. The summed E-state index contributed by atoms with van der Waals surface area (Å²) in [6.07, 6.45) is 4.23. The van der Waals surface area contributed by atoms with E-state index in [1.807, 2.05) is 19.1 Å². The van der Waals surface area contributed by atoms with Crippen molar-refractivity contribution in [3.63, 3.8) is 0 Å². The van der Waals surface area contributed by atoms with E-state index in [0.29, 0.717) is 16.5 Å². The van der Waals surface area contributed by atoms with Gasteiger partial charge in [0.15, 0.2) is 0 Å². The maximum absolute atomic E-state index is 12.1. The molecule has 0 aromatic heterocycles. The van der Waals surface area contributed by atoms with Crippen molar-refractivity contribution < 1.29 is 4.79 Å². The fourth-order valence-electron chi connectivity index (χ4n) is 2.46. The van der Waals surface area contributed by atoms with Crippen LogP contribution in [-0.4, -0.2) is 17.8 Å². The van der Waals surface area contributed by atoms with E-state index in [2.05, 4.69) is 5.32 Å². The van der Waals surface area contributed by atoms with E-state index in [-0.39, 0.29) is 11.9 Å². The SMILES string of the molecule is Cc1ccc(C(=O)NC2CCC(CCl)CC2)cc1Cl. The maximum Gasteiger partial charge on any atom is 0.251 e. The zero-order valence-corrected chi connectivity index (χ0v) is 12.6. The molecule has 0 atom stereocenters.